The van der Waals surface area contributed by atoms with Crippen molar-refractivity contribution in [2.75, 3.05) is 13.2 Å². The van der Waals surface area contributed by atoms with Crippen LogP contribution in [-0.4, -0.2) is 54.2 Å². The van der Waals surface area contributed by atoms with Crippen LogP contribution in [0.15, 0.2) is 48.5 Å². The lowest BCUT2D eigenvalue weighted by atomic mass is 9.83. The van der Waals surface area contributed by atoms with Crippen molar-refractivity contribution < 1.29 is 33.8 Å². The molecule has 0 saturated carbocycles. The Kier molecular flexibility index (Phi) is 11.6. The molecule has 2 aromatic carbocycles. The molecule has 2 aromatic rings. The number of carbonyl (C=O) groups is 4. The van der Waals surface area contributed by atoms with Gasteiger partial charge in [-0.25, -0.2) is 4.79 Å². The van der Waals surface area contributed by atoms with Crippen molar-refractivity contribution in [3.63, 3.8) is 0 Å². The second kappa shape index (κ2) is 14.4. The predicted molar refractivity (Wildman–Crippen MR) is 143 cm³/mol. The number of aromatic hydroxyl groups is 1. The summed E-state index contributed by atoms with van der Waals surface area (Å²) in [7, 11) is 0. The van der Waals surface area contributed by atoms with Gasteiger partial charge in [0.25, 0.3) is 0 Å². The number of benzene rings is 2. The molecule has 0 heterocycles. The van der Waals surface area contributed by atoms with Crippen LogP contribution in [0.2, 0.25) is 5.02 Å². The maximum Gasteiger partial charge on any atom is 0.328 e. The lowest BCUT2D eigenvalue weighted by Crippen LogP contribution is -2.55. The number of ether oxygens (including phenoxy) is 2. The third kappa shape index (κ3) is 9.06. The molecule has 38 heavy (non-hydrogen) atoms. The molecule has 2 amide bonds. The van der Waals surface area contributed by atoms with Gasteiger partial charge in [0.2, 0.25) is 11.8 Å². The van der Waals surface area contributed by atoms with Crippen molar-refractivity contribution in [2.45, 2.75) is 64.5 Å². The van der Waals surface area contributed by atoms with Gasteiger partial charge in [-0.3, -0.25) is 14.4 Å². The molecular weight excluding hydrogens is 512 g/mol. The van der Waals surface area contributed by atoms with E-state index in [0.29, 0.717) is 16.1 Å². The largest absolute Gasteiger partial charge is 0.508 e. The number of hydrogen-bond acceptors (Lipinski definition) is 7. The number of nitrogens with one attached hydrogen (secondary N) is 2. The minimum absolute atomic E-state index is 0.0282. The second-order valence-electron chi connectivity index (χ2n) is 9.19. The van der Waals surface area contributed by atoms with Crippen molar-refractivity contribution in [1.82, 2.24) is 10.6 Å². The number of amides is 2. The minimum atomic E-state index is -1.12. The van der Waals surface area contributed by atoms with E-state index >= 15 is 0 Å². The Morgan fingerprint density at radius 1 is 0.895 bits per heavy atom. The van der Waals surface area contributed by atoms with Crippen molar-refractivity contribution in [3.8, 4) is 5.75 Å². The maximum atomic E-state index is 13.4. The Bertz CT molecular complexity index is 1100. The number of phenols is 1. The average Bonchev–Trinajstić information content (AvgIpc) is 2.87. The molecule has 3 N–H and O–H groups in total. The normalized spacial score (nSPS) is 12.7. The van der Waals surface area contributed by atoms with Gasteiger partial charge in [-0.15, -0.1) is 0 Å². The van der Waals surface area contributed by atoms with Crippen LogP contribution in [0.4, 0.5) is 0 Å². The van der Waals surface area contributed by atoms with Crippen LogP contribution in [0.3, 0.4) is 0 Å². The van der Waals surface area contributed by atoms with Gasteiger partial charge in [-0.2, -0.15) is 0 Å². The summed E-state index contributed by atoms with van der Waals surface area (Å²) in [4.78, 5) is 51.2. The van der Waals surface area contributed by atoms with Crippen molar-refractivity contribution in [3.05, 3.63) is 64.7 Å². The van der Waals surface area contributed by atoms with Gasteiger partial charge >= 0.3 is 11.9 Å². The lowest BCUT2D eigenvalue weighted by molar-refractivity contribution is -0.149. The quantitative estimate of drug-likeness (QED) is 0.328. The van der Waals surface area contributed by atoms with E-state index in [1.807, 2.05) is 0 Å². The third-order valence-corrected chi connectivity index (χ3v) is 6.21. The van der Waals surface area contributed by atoms with Crippen LogP contribution in [0.5, 0.6) is 5.75 Å². The molecule has 0 radical (unpaired) electrons. The molecule has 0 aliphatic rings. The van der Waals surface area contributed by atoms with Gasteiger partial charge in [-0.1, -0.05) is 35.9 Å². The van der Waals surface area contributed by atoms with E-state index in [2.05, 4.69) is 10.6 Å². The maximum absolute atomic E-state index is 13.4. The van der Waals surface area contributed by atoms with Gasteiger partial charge in [0.15, 0.2) is 0 Å². The fraction of sp³-hybridized carbons (Fsp3) is 0.429. The Labute approximate surface area is 227 Å². The van der Waals surface area contributed by atoms with Crippen LogP contribution in [0, 0.1) is 0 Å². The molecule has 0 aliphatic carbocycles. The summed E-state index contributed by atoms with van der Waals surface area (Å²) in [5.41, 5.74) is 0.358. The van der Waals surface area contributed by atoms with Crippen molar-refractivity contribution in [1.29, 1.82) is 0 Å². The first-order chi connectivity index (χ1) is 18.0. The van der Waals surface area contributed by atoms with Crippen LogP contribution in [0.1, 0.15) is 51.7 Å². The highest BCUT2D eigenvalue weighted by Gasteiger charge is 2.34. The van der Waals surface area contributed by atoms with Crippen LogP contribution >= 0.6 is 11.6 Å². The van der Waals surface area contributed by atoms with Crippen LogP contribution in [0.25, 0.3) is 0 Å². The zero-order valence-electron chi connectivity index (χ0n) is 22.1. The van der Waals surface area contributed by atoms with E-state index in [1.54, 1.807) is 64.1 Å². The molecule has 9 nitrogen and oxygen atoms in total. The molecule has 206 valence electrons. The fourth-order valence-electron chi connectivity index (χ4n) is 3.67. The summed E-state index contributed by atoms with van der Waals surface area (Å²) in [6.07, 6.45) is -0.0439. The van der Waals surface area contributed by atoms with Gasteiger partial charge in [0, 0.05) is 17.9 Å². The Morgan fingerprint density at radius 3 is 2.08 bits per heavy atom. The summed E-state index contributed by atoms with van der Waals surface area (Å²) >= 11 is 5.99. The highest BCUT2D eigenvalue weighted by molar-refractivity contribution is 6.30. The van der Waals surface area contributed by atoms with Crippen LogP contribution < -0.4 is 10.6 Å². The number of hydrogen-bond donors (Lipinski definition) is 3. The van der Waals surface area contributed by atoms with Gasteiger partial charge in [0.1, 0.15) is 17.8 Å². The Morgan fingerprint density at radius 2 is 1.50 bits per heavy atom. The molecular formula is C28H35ClN2O7. The third-order valence-electron chi connectivity index (χ3n) is 5.96. The molecule has 10 heteroatoms. The van der Waals surface area contributed by atoms with E-state index in [0.717, 1.165) is 0 Å². The number of esters is 2. The van der Waals surface area contributed by atoms with Gasteiger partial charge in [-0.05, 0) is 69.5 Å². The minimum Gasteiger partial charge on any atom is -0.508 e. The van der Waals surface area contributed by atoms with Gasteiger partial charge < -0.3 is 25.2 Å². The number of phenolic OH excluding ortho intramolecular Hbond substituents is 1. The summed E-state index contributed by atoms with van der Waals surface area (Å²) in [5, 5.41) is 15.6. The summed E-state index contributed by atoms with van der Waals surface area (Å²) in [6, 6.07) is 10.9. The topological polar surface area (TPSA) is 131 Å². The zero-order valence-corrected chi connectivity index (χ0v) is 22.8. The first-order valence-corrected chi connectivity index (χ1v) is 12.8. The van der Waals surface area contributed by atoms with Crippen LogP contribution in [-0.2, 0) is 40.5 Å². The number of rotatable bonds is 13. The summed E-state index contributed by atoms with van der Waals surface area (Å²) in [5.74, 6) is -2.18. The highest BCUT2D eigenvalue weighted by atomic mass is 35.5. The predicted octanol–water partition coefficient (Wildman–Crippen LogP) is 3.44. The van der Waals surface area contributed by atoms with E-state index in [-0.39, 0.29) is 38.2 Å². The second-order valence-corrected chi connectivity index (χ2v) is 9.62. The van der Waals surface area contributed by atoms with E-state index < -0.39 is 41.3 Å². The first-order valence-electron chi connectivity index (χ1n) is 12.4. The van der Waals surface area contributed by atoms with E-state index in [9.17, 15) is 24.3 Å². The monoisotopic (exact) mass is 546 g/mol. The SMILES string of the molecule is CCOC(=O)CC[C@@H](NC(=O)[C@H](Cc1ccc(O)cc1)NC(=O)C(C)(C)c1ccc(Cl)cc1)C(=O)OCC. The van der Waals surface area contributed by atoms with Crippen molar-refractivity contribution >= 4 is 35.4 Å². The molecule has 0 aromatic heterocycles. The molecule has 0 aliphatic heterocycles. The summed E-state index contributed by atoms with van der Waals surface area (Å²) in [6.45, 7) is 7.04. The molecule has 2 atom stereocenters. The molecule has 0 fully saturated rings. The standard InChI is InChI=1S/C28H35ClN2O7/c1-5-37-24(33)16-15-22(26(35)38-6-2)30-25(34)23(17-18-7-13-21(32)14-8-18)31-27(36)28(3,4)19-9-11-20(29)12-10-19/h7-14,22-23,32H,5-6,15-17H2,1-4H3,(H,30,34)(H,31,36)/t22-,23+/m1/s1. The summed E-state index contributed by atoms with van der Waals surface area (Å²) < 4.78 is 10.0. The lowest BCUT2D eigenvalue weighted by Gasteiger charge is -2.28. The van der Waals surface area contributed by atoms with Gasteiger partial charge in [0.05, 0.1) is 18.6 Å². The zero-order chi connectivity index (χ0) is 28.3. The molecule has 0 bridgehead atoms. The van der Waals surface area contributed by atoms with E-state index in [1.165, 1.54) is 12.1 Å². The molecule has 0 unspecified atom stereocenters. The average molecular weight is 547 g/mol. The number of carbonyl (C=O) groups excluding carboxylic acids is 4. The fourth-order valence-corrected chi connectivity index (χ4v) is 3.80. The number of halogens is 1. The smallest absolute Gasteiger partial charge is 0.328 e. The molecule has 0 spiro atoms. The molecule has 0 saturated heterocycles. The first kappa shape index (κ1) is 30.6. The Hall–Kier alpha value is -3.59. The van der Waals surface area contributed by atoms with Crippen molar-refractivity contribution in [2.24, 2.45) is 0 Å². The highest BCUT2D eigenvalue weighted by Crippen LogP contribution is 2.25. The Balaban J connectivity index is 2.28. The molecule has 2 rings (SSSR count). The van der Waals surface area contributed by atoms with E-state index in [4.69, 9.17) is 21.1 Å².